The molecule has 7 nitrogen and oxygen atoms in total. The van der Waals surface area contributed by atoms with E-state index in [9.17, 15) is 0 Å². The van der Waals surface area contributed by atoms with Gasteiger partial charge in [0.15, 0.2) is 0 Å². The molecule has 2 rings (SSSR count). The zero-order chi connectivity index (χ0) is 13.1. The van der Waals surface area contributed by atoms with Gasteiger partial charge in [0.1, 0.15) is 0 Å². The lowest BCUT2D eigenvalue weighted by molar-refractivity contribution is 0.510. The van der Waals surface area contributed by atoms with Crippen LogP contribution < -0.4 is 11.3 Å². The summed E-state index contributed by atoms with van der Waals surface area (Å²) < 4.78 is 3.70. The maximum absolute atomic E-state index is 5.68. The molecule has 7 heteroatoms. The topological polar surface area (TPSA) is 86.6 Å². The quantitative estimate of drug-likeness (QED) is 0.587. The molecule has 0 spiro atoms. The molecule has 0 saturated carbocycles. The normalized spacial score (nSPS) is 12.9. The second kappa shape index (κ2) is 5.28. The molecule has 0 saturated heterocycles. The molecule has 0 aliphatic heterocycles. The van der Waals surface area contributed by atoms with Crippen molar-refractivity contribution in [1.82, 2.24) is 30.2 Å². The highest BCUT2D eigenvalue weighted by Crippen LogP contribution is 2.23. The van der Waals surface area contributed by atoms with Crippen molar-refractivity contribution in [3.05, 3.63) is 29.3 Å². The van der Waals surface area contributed by atoms with Crippen LogP contribution in [0.25, 0.3) is 0 Å². The van der Waals surface area contributed by atoms with E-state index in [-0.39, 0.29) is 6.04 Å². The molecule has 0 aliphatic carbocycles. The van der Waals surface area contributed by atoms with Crippen molar-refractivity contribution in [3.8, 4) is 0 Å². The first kappa shape index (κ1) is 12.7. The molecule has 18 heavy (non-hydrogen) atoms. The van der Waals surface area contributed by atoms with Gasteiger partial charge in [-0.15, -0.1) is 5.10 Å². The van der Waals surface area contributed by atoms with Gasteiger partial charge in [0, 0.05) is 24.8 Å². The maximum atomic E-state index is 5.68. The Bertz CT molecular complexity index is 513. The second-order valence-electron chi connectivity index (χ2n) is 4.29. The highest BCUT2D eigenvalue weighted by atomic mass is 15.4. The van der Waals surface area contributed by atoms with E-state index in [0.717, 1.165) is 29.9 Å². The van der Waals surface area contributed by atoms with Crippen molar-refractivity contribution >= 4 is 0 Å². The van der Waals surface area contributed by atoms with E-state index in [1.54, 1.807) is 6.20 Å². The number of hydrazine groups is 1. The Labute approximate surface area is 106 Å². The Morgan fingerprint density at radius 2 is 2.22 bits per heavy atom. The predicted molar refractivity (Wildman–Crippen MR) is 67.4 cm³/mol. The van der Waals surface area contributed by atoms with E-state index in [4.69, 9.17) is 5.84 Å². The van der Waals surface area contributed by atoms with Crippen LogP contribution in [0.1, 0.15) is 36.3 Å². The minimum atomic E-state index is -0.139. The van der Waals surface area contributed by atoms with Crippen molar-refractivity contribution in [2.75, 3.05) is 0 Å². The first-order valence-electron chi connectivity index (χ1n) is 6.02. The van der Waals surface area contributed by atoms with Crippen LogP contribution in [0.4, 0.5) is 0 Å². The van der Waals surface area contributed by atoms with Crippen LogP contribution in [-0.4, -0.2) is 24.8 Å². The molecule has 1 atom stereocenters. The Balaban J connectivity index is 2.39. The van der Waals surface area contributed by atoms with E-state index in [2.05, 4.69) is 27.8 Å². The molecule has 2 aromatic rings. The van der Waals surface area contributed by atoms with Gasteiger partial charge >= 0.3 is 0 Å². The summed E-state index contributed by atoms with van der Waals surface area (Å²) in [7, 11) is 1.91. The lowest BCUT2D eigenvalue weighted by Crippen LogP contribution is -2.31. The van der Waals surface area contributed by atoms with Gasteiger partial charge in [-0.2, -0.15) is 5.10 Å². The molecule has 2 aromatic heterocycles. The van der Waals surface area contributed by atoms with E-state index in [1.165, 1.54) is 0 Å². The number of hydrogen-bond donors (Lipinski definition) is 2. The Hall–Kier alpha value is -1.73. The first-order chi connectivity index (χ1) is 8.69. The predicted octanol–water partition coefficient (Wildman–Crippen LogP) is 0.283. The average molecular weight is 249 g/mol. The number of aryl methyl sites for hydroxylation is 2. The lowest BCUT2D eigenvalue weighted by atomic mass is 10.1. The van der Waals surface area contributed by atoms with Gasteiger partial charge in [-0.1, -0.05) is 12.1 Å². The molecular weight excluding hydrogens is 230 g/mol. The molecule has 98 valence electrons. The Morgan fingerprint density at radius 1 is 1.44 bits per heavy atom. The minimum Gasteiger partial charge on any atom is -0.273 e. The monoisotopic (exact) mass is 249 g/mol. The first-order valence-corrected chi connectivity index (χ1v) is 6.02. The van der Waals surface area contributed by atoms with Gasteiger partial charge in [0.25, 0.3) is 0 Å². The van der Waals surface area contributed by atoms with Crippen LogP contribution in [0.3, 0.4) is 0 Å². The second-order valence-corrected chi connectivity index (χ2v) is 4.29. The summed E-state index contributed by atoms with van der Waals surface area (Å²) in [4.78, 5) is 0. The van der Waals surface area contributed by atoms with Gasteiger partial charge in [0.2, 0.25) is 0 Å². The van der Waals surface area contributed by atoms with Crippen LogP contribution in [0, 0.1) is 6.92 Å². The van der Waals surface area contributed by atoms with Crippen molar-refractivity contribution in [2.45, 2.75) is 32.9 Å². The zero-order valence-corrected chi connectivity index (χ0v) is 11.0. The third-order valence-corrected chi connectivity index (χ3v) is 3.13. The van der Waals surface area contributed by atoms with Gasteiger partial charge in [0.05, 0.1) is 24.1 Å². The number of aromatic nitrogens is 5. The van der Waals surface area contributed by atoms with Gasteiger partial charge in [-0.25, -0.2) is 10.1 Å². The third-order valence-electron chi connectivity index (χ3n) is 3.13. The van der Waals surface area contributed by atoms with Crippen molar-refractivity contribution in [1.29, 1.82) is 0 Å². The van der Waals surface area contributed by atoms with Gasteiger partial charge < -0.3 is 0 Å². The van der Waals surface area contributed by atoms with E-state index in [1.807, 2.05) is 29.5 Å². The van der Waals surface area contributed by atoms with Crippen LogP contribution >= 0.6 is 0 Å². The molecule has 0 bridgehead atoms. The molecule has 2 heterocycles. The number of nitrogens with one attached hydrogen (secondary N) is 1. The van der Waals surface area contributed by atoms with Crippen molar-refractivity contribution in [2.24, 2.45) is 12.9 Å². The molecule has 0 aromatic carbocycles. The van der Waals surface area contributed by atoms with Crippen LogP contribution in [0.15, 0.2) is 12.4 Å². The maximum Gasteiger partial charge on any atom is 0.0927 e. The summed E-state index contributed by atoms with van der Waals surface area (Å²) in [6.45, 7) is 4.94. The zero-order valence-electron chi connectivity index (χ0n) is 11.0. The lowest BCUT2D eigenvalue weighted by Gasteiger charge is -2.16. The summed E-state index contributed by atoms with van der Waals surface area (Å²) >= 11 is 0. The Kier molecular flexibility index (Phi) is 3.73. The molecule has 0 aliphatic rings. The molecular formula is C11H19N7. The number of hydrogen-bond acceptors (Lipinski definition) is 5. The van der Waals surface area contributed by atoms with E-state index in [0.29, 0.717) is 0 Å². The highest BCUT2D eigenvalue weighted by molar-refractivity contribution is 5.27. The van der Waals surface area contributed by atoms with Crippen molar-refractivity contribution < 1.29 is 0 Å². The van der Waals surface area contributed by atoms with Crippen LogP contribution in [-0.2, 0) is 13.6 Å². The van der Waals surface area contributed by atoms with Crippen molar-refractivity contribution in [3.63, 3.8) is 0 Å². The van der Waals surface area contributed by atoms with Crippen LogP contribution in [0.2, 0.25) is 0 Å². The van der Waals surface area contributed by atoms with Gasteiger partial charge in [-0.05, 0) is 13.3 Å². The van der Waals surface area contributed by atoms with Crippen LogP contribution in [0.5, 0.6) is 0 Å². The number of nitrogens with zero attached hydrogens (tertiary/aromatic N) is 5. The number of rotatable bonds is 5. The van der Waals surface area contributed by atoms with Gasteiger partial charge in [-0.3, -0.25) is 10.5 Å². The fraction of sp³-hybridized carbons (Fsp3) is 0.545. The summed E-state index contributed by atoms with van der Waals surface area (Å²) in [5.41, 5.74) is 5.89. The molecule has 0 amide bonds. The summed E-state index contributed by atoms with van der Waals surface area (Å²) in [6.07, 6.45) is 4.56. The molecule has 3 N–H and O–H groups in total. The minimum absolute atomic E-state index is 0.139. The van der Waals surface area contributed by atoms with E-state index < -0.39 is 0 Å². The molecule has 1 unspecified atom stereocenters. The fourth-order valence-corrected chi connectivity index (χ4v) is 2.01. The van der Waals surface area contributed by atoms with E-state index >= 15 is 0 Å². The fourth-order valence-electron chi connectivity index (χ4n) is 2.01. The molecule has 0 radical (unpaired) electrons. The molecule has 0 fully saturated rings. The average Bonchev–Trinajstić information content (AvgIpc) is 2.93. The largest absolute Gasteiger partial charge is 0.273 e. The summed E-state index contributed by atoms with van der Waals surface area (Å²) in [5, 5.41) is 12.3. The summed E-state index contributed by atoms with van der Waals surface area (Å²) in [6, 6.07) is -0.139. The third kappa shape index (κ3) is 2.14. The smallest absolute Gasteiger partial charge is 0.0927 e. The number of nitrogens with two attached hydrogens (primary N) is 1. The SMILES string of the molecule is CCCn1nncc1C(NN)c1cnn(C)c1C. The standard InChI is InChI=1S/C11H19N7/c1-4-5-18-10(7-13-16-18)11(15-12)9-6-14-17(3)8(9)2/h6-7,11,15H,4-5,12H2,1-3H3. The Morgan fingerprint density at radius 3 is 2.78 bits per heavy atom. The highest BCUT2D eigenvalue weighted by Gasteiger charge is 2.21. The summed E-state index contributed by atoms with van der Waals surface area (Å²) in [5.74, 6) is 5.68.